The summed E-state index contributed by atoms with van der Waals surface area (Å²) in [5.41, 5.74) is 4.44. The lowest BCUT2D eigenvalue weighted by Crippen LogP contribution is -2.09. The van der Waals surface area contributed by atoms with E-state index < -0.39 is 10.0 Å². The monoisotopic (exact) mass is 419 g/mol. The fraction of sp³-hybridized carbons (Fsp3) is 0.261. The first-order valence-corrected chi connectivity index (χ1v) is 12.7. The highest BCUT2D eigenvalue weighted by Crippen LogP contribution is 2.33. The van der Waals surface area contributed by atoms with Crippen molar-refractivity contribution in [3.8, 4) is 22.9 Å². The van der Waals surface area contributed by atoms with Crippen LogP contribution >= 0.6 is 10.0 Å². The third-order valence-electron chi connectivity index (χ3n) is 4.87. The van der Waals surface area contributed by atoms with Gasteiger partial charge in [0.1, 0.15) is 12.4 Å². The van der Waals surface area contributed by atoms with E-state index in [-0.39, 0.29) is 0 Å². The van der Waals surface area contributed by atoms with E-state index in [1.807, 2.05) is 53.6 Å². The predicted molar refractivity (Wildman–Crippen MR) is 123 cm³/mol. The maximum atomic E-state index is 9.13. The molecular formula is C23H25N5OS. The molecule has 0 unspecified atom stereocenters. The first-order valence-electron chi connectivity index (χ1n) is 9.68. The first-order chi connectivity index (χ1) is 14.4. The molecule has 0 aliphatic heterocycles. The lowest BCUT2D eigenvalue weighted by molar-refractivity contribution is 0.0924. The van der Waals surface area contributed by atoms with Crippen molar-refractivity contribution in [1.29, 1.82) is 5.26 Å². The molecule has 30 heavy (non-hydrogen) atoms. The summed E-state index contributed by atoms with van der Waals surface area (Å²) < 4.78 is 9.72. The topological polar surface area (TPSA) is 68.7 Å². The molecule has 3 aromatic heterocycles. The summed E-state index contributed by atoms with van der Waals surface area (Å²) in [6.45, 7) is 1.25. The normalized spacial score (nSPS) is 12.2. The van der Waals surface area contributed by atoms with Crippen LogP contribution in [-0.4, -0.2) is 50.5 Å². The average Bonchev–Trinajstić information content (AvgIpc) is 3.38. The van der Waals surface area contributed by atoms with Gasteiger partial charge in [0.15, 0.2) is 0 Å². The fourth-order valence-corrected chi connectivity index (χ4v) is 3.86. The molecule has 154 valence electrons. The van der Waals surface area contributed by atoms with E-state index in [0.29, 0.717) is 12.3 Å². The number of hydrogen-bond acceptors (Lipinski definition) is 4. The minimum absolute atomic E-state index is 0.496. The molecule has 0 fully saturated rings. The van der Waals surface area contributed by atoms with E-state index in [9.17, 15) is 0 Å². The average molecular weight is 420 g/mol. The zero-order valence-corrected chi connectivity index (χ0v) is 18.3. The molecule has 0 saturated heterocycles. The maximum Gasteiger partial charge on any atom is 0.142 e. The summed E-state index contributed by atoms with van der Waals surface area (Å²) in [5, 5.41) is 14.7. The number of ether oxygens (including phenoxy) is 1. The van der Waals surface area contributed by atoms with Crippen LogP contribution in [0.4, 0.5) is 0 Å². The fourth-order valence-electron chi connectivity index (χ4n) is 3.24. The summed E-state index contributed by atoms with van der Waals surface area (Å²) in [7, 11) is -0.552. The minimum Gasteiger partial charge on any atom is -0.360 e. The van der Waals surface area contributed by atoms with E-state index in [2.05, 4.69) is 41.0 Å². The molecule has 3 heterocycles. The Morgan fingerprint density at radius 1 is 1.17 bits per heavy atom. The van der Waals surface area contributed by atoms with Gasteiger partial charge in [0.25, 0.3) is 0 Å². The zero-order chi connectivity index (χ0) is 21.1. The van der Waals surface area contributed by atoms with Crippen molar-refractivity contribution >= 4 is 21.1 Å². The third kappa shape index (κ3) is 4.40. The molecular weight excluding hydrogens is 394 g/mol. The number of nitriles is 1. The van der Waals surface area contributed by atoms with E-state index in [4.69, 9.17) is 10.00 Å². The largest absolute Gasteiger partial charge is 0.360 e. The molecule has 0 bridgehead atoms. The molecule has 0 N–H and O–H groups in total. The lowest BCUT2D eigenvalue weighted by Gasteiger charge is -2.24. The zero-order valence-electron chi connectivity index (χ0n) is 17.4. The van der Waals surface area contributed by atoms with Gasteiger partial charge in [0.05, 0.1) is 30.1 Å². The van der Waals surface area contributed by atoms with Crippen LogP contribution in [0.3, 0.4) is 0 Å². The van der Waals surface area contributed by atoms with Crippen LogP contribution in [0.1, 0.15) is 5.56 Å². The van der Waals surface area contributed by atoms with Gasteiger partial charge in [-0.25, -0.2) is 19.7 Å². The highest BCUT2D eigenvalue weighted by atomic mass is 32.3. The van der Waals surface area contributed by atoms with Crippen LogP contribution in [0.15, 0.2) is 61.2 Å². The Morgan fingerprint density at radius 3 is 2.83 bits per heavy atom. The summed E-state index contributed by atoms with van der Waals surface area (Å²) in [4.78, 5) is 4.57. The SMILES string of the molecule is CS(C)(C)CCOCn1ccc2c(-c3cnn(-c4cccc(C#N)c4)c3)ccnc21. The van der Waals surface area contributed by atoms with Crippen molar-refractivity contribution in [3.05, 3.63) is 66.7 Å². The van der Waals surface area contributed by atoms with Gasteiger partial charge < -0.3 is 9.30 Å². The summed E-state index contributed by atoms with van der Waals surface area (Å²) >= 11 is 0. The minimum atomic E-state index is -0.552. The van der Waals surface area contributed by atoms with Crippen LogP contribution in [0, 0.1) is 11.3 Å². The van der Waals surface area contributed by atoms with Crippen LogP contribution in [-0.2, 0) is 11.5 Å². The number of hydrogen-bond donors (Lipinski definition) is 0. The molecule has 0 atom stereocenters. The Balaban J connectivity index is 1.58. The highest BCUT2D eigenvalue weighted by molar-refractivity contribution is 8.32. The Labute approximate surface area is 178 Å². The number of fused-ring (bicyclic) bond motifs is 1. The van der Waals surface area contributed by atoms with Gasteiger partial charge in [-0.05, 0) is 54.7 Å². The predicted octanol–water partition coefficient (Wildman–Crippen LogP) is 4.43. The standard InChI is InChI=1S/C23H25N5OS/c1-30(2,3)12-11-29-17-27-10-8-22-21(7-9-25-23(22)27)19-15-26-28(16-19)20-6-4-5-18(13-20)14-24/h4-10,13,15-16H,11-12,17H2,1-3H3. The first kappa shape index (κ1) is 20.2. The van der Waals surface area contributed by atoms with Crippen molar-refractivity contribution < 1.29 is 4.74 Å². The van der Waals surface area contributed by atoms with Crippen molar-refractivity contribution in [1.82, 2.24) is 19.3 Å². The van der Waals surface area contributed by atoms with Gasteiger partial charge in [-0.3, -0.25) is 0 Å². The molecule has 6 nitrogen and oxygen atoms in total. The summed E-state index contributed by atoms with van der Waals surface area (Å²) in [5.74, 6) is 1.09. The van der Waals surface area contributed by atoms with Gasteiger partial charge in [-0.2, -0.15) is 10.4 Å². The quantitative estimate of drug-likeness (QED) is 0.416. The number of rotatable bonds is 7. The number of nitrogens with zero attached hydrogens (tertiary/aromatic N) is 5. The van der Waals surface area contributed by atoms with E-state index in [1.165, 1.54) is 0 Å². The number of aromatic nitrogens is 4. The molecule has 0 saturated carbocycles. The van der Waals surface area contributed by atoms with Crippen LogP contribution in [0.25, 0.3) is 27.8 Å². The van der Waals surface area contributed by atoms with Gasteiger partial charge in [-0.1, -0.05) is 6.07 Å². The summed E-state index contributed by atoms with van der Waals surface area (Å²) in [6, 6.07) is 13.7. The maximum absolute atomic E-state index is 9.13. The van der Waals surface area contributed by atoms with E-state index in [0.717, 1.165) is 40.2 Å². The Morgan fingerprint density at radius 2 is 2.03 bits per heavy atom. The van der Waals surface area contributed by atoms with E-state index >= 15 is 0 Å². The van der Waals surface area contributed by atoms with Crippen LogP contribution in [0.5, 0.6) is 0 Å². The van der Waals surface area contributed by atoms with Gasteiger partial charge in [0, 0.05) is 35.3 Å². The second-order valence-corrected chi connectivity index (χ2v) is 12.6. The lowest BCUT2D eigenvalue weighted by atomic mass is 10.1. The van der Waals surface area contributed by atoms with Crippen molar-refractivity contribution in [2.24, 2.45) is 0 Å². The summed E-state index contributed by atoms with van der Waals surface area (Å²) in [6.07, 6.45) is 14.6. The molecule has 0 aliphatic rings. The van der Waals surface area contributed by atoms with Crippen molar-refractivity contribution in [2.75, 3.05) is 31.1 Å². The number of benzene rings is 1. The molecule has 0 radical (unpaired) electrons. The molecule has 7 heteroatoms. The van der Waals surface area contributed by atoms with E-state index in [1.54, 1.807) is 10.7 Å². The van der Waals surface area contributed by atoms with Crippen LogP contribution < -0.4 is 0 Å². The van der Waals surface area contributed by atoms with Crippen molar-refractivity contribution in [2.45, 2.75) is 6.73 Å². The third-order valence-corrected chi connectivity index (χ3v) is 6.26. The van der Waals surface area contributed by atoms with Crippen molar-refractivity contribution in [3.63, 3.8) is 0 Å². The van der Waals surface area contributed by atoms with Gasteiger partial charge in [0.2, 0.25) is 0 Å². The molecule has 0 amide bonds. The Bertz CT molecular complexity index is 1210. The van der Waals surface area contributed by atoms with Crippen LogP contribution in [0.2, 0.25) is 0 Å². The molecule has 0 spiro atoms. The second-order valence-electron chi connectivity index (χ2n) is 8.05. The molecule has 1 aromatic carbocycles. The molecule has 4 aromatic rings. The second kappa shape index (κ2) is 8.34. The van der Waals surface area contributed by atoms with Gasteiger partial charge >= 0.3 is 0 Å². The Kier molecular flexibility index (Phi) is 5.62. The smallest absolute Gasteiger partial charge is 0.142 e. The van der Waals surface area contributed by atoms with Gasteiger partial charge in [-0.15, -0.1) is 0 Å². The molecule has 0 aliphatic carbocycles. The molecule has 4 rings (SSSR count). The highest BCUT2D eigenvalue weighted by Gasteiger charge is 2.12. The Hall–Kier alpha value is -3.08. The number of pyridine rings is 1.